The van der Waals surface area contributed by atoms with E-state index >= 15 is 0 Å². The lowest BCUT2D eigenvalue weighted by molar-refractivity contribution is -0.139. The summed E-state index contributed by atoms with van der Waals surface area (Å²) in [4.78, 5) is 11.4. The Kier molecular flexibility index (Phi) is 2.29. The third kappa shape index (κ3) is 1.50. The fourth-order valence-electron chi connectivity index (χ4n) is 3.79. The molecular weight excluding hydrogens is 212 g/mol. The maximum atomic E-state index is 11.4. The van der Waals surface area contributed by atoms with E-state index in [4.69, 9.17) is 0 Å². The lowest BCUT2D eigenvalue weighted by Crippen LogP contribution is -2.19. The van der Waals surface area contributed by atoms with Crippen molar-refractivity contribution in [3.8, 4) is 0 Å². The maximum Gasteiger partial charge on any atom is 0.311 e. The van der Waals surface area contributed by atoms with Crippen LogP contribution in [-0.2, 0) is 10.2 Å². The third-order valence-corrected chi connectivity index (χ3v) is 4.61. The van der Waals surface area contributed by atoms with Gasteiger partial charge < -0.3 is 5.11 Å². The van der Waals surface area contributed by atoms with Crippen LogP contribution < -0.4 is 0 Å². The molecule has 2 aliphatic carbocycles. The SMILES string of the molecule is Cc1ccc2c(c1)C1(CCCC1)CC2C(=O)O. The van der Waals surface area contributed by atoms with Crippen LogP contribution >= 0.6 is 0 Å². The van der Waals surface area contributed by atoms with Crippen LogP contribution in [0.2, 0.25) is 0 Å². The molecule has 1 aromatic carbocycles. The van der Waals surface area contributed by atoms with Gasteiger partial charge in [0.25, 0.3) is 0 Å². The highest BCUT2D eigenvalue weighted by Gasteiger charge is 2.47. The van der Waals surface area contributed by atoms with Crippen LogP contribution in [0.3, 0.4) is 0 Å². The number of rotatable bonds is 1. The Morgan fingerprint density at radius 1 is 1.35 bits per heavy atom. The zero-order valence-electron chi connectivity index (χ0n) is 10.2. The number of hydrogen-bond donors (Lipinski definition) is 1. The van der Waals surface area contributed by atoms with E-state index in [2.05, 4.69) is 13.0 Å². The summed E-state index contributed by atoms with van der Waals surface area (Å²) in [5, 5.41) is 9.37. The van der Waals surface area contributed by atoms with Crippen molar-refractivity contribution >= 4 is 5.97 Å². The summed E-state index contributed by atoms with van der Waals surface area (Å²) in [7, 11) is 0. The predicted octanol–water partition coefficient (Wildman–Crippen LogP) is 3.38. The molecule has 0 aliphatic heterocycles. The van der Waals surface area contributed by atoms with Gasteiger partial charge in [0, 0.05) is 0 Å². The van der Waals surface area contributed by atoms with Crippen molar-refractivity contribution in [2.24, 2.45) is 0 Å². The quantitative estimate of drug-likeness (QED) is 0.803. The highest BCUT2D eigenvalue weighted by Crippen LogP contribution is 2.54. The van der Waals surface area contributed by atoms with Crippen LogP contribution in [-0.4, -0.2) is 11.1 Å². The van der Waals surface area contributed by atoms with Crippen molar-refractivity contribution in [3.05, 3.63) is 34.9 Å². The molecule has 1 saturated carbocycles. The Labute approximate surface area is 102 Å². The van der Waals surface area contributed by atoms with E-state index in [1.807, 2.05) is 12.1 Å². The molecule has 2 nitrogen and oxygen atoms in total. The van der Waals surface area contributed by atoms with E-state index in [9.17, 15) is 9.90 Å². The molecule has 1 atom stereocenters. The van der Waals surface area contributed by atoms with Gasteiger partial charge in [-0.1, -0.05) is 36.6 Å². The van der Waals surface area contributed by atoms with Crippen molar-refractivity contribution in [2.75, 3.05) is 0 Å². The molecule has 0 aromatic heterocycles. The predicted molar refractivity (Wildman–Crippen MR) is 66.3 cm³/mol. The van der Waals surface area contributed by atoms with Gasteiger partial charge in [-0.3, -0.25) is 4.79 Å². The molecule has 1 aromatic rings. The van der Waals surface area contributed by atoms with Crippen molar-refractivity contribution < 1.29 is 9.90 Å². The van der Waals surface area contributed by atoms with Crippen LogP contribution in [0.25, 0.3) is 0 Å². The summed E-state index contributed by atoms with van der Waals surface area (Å²) in [6.45, 7) is 2.09. The highest BCUT2D eigenvalue weighted by atomic mass is 16.4. The standard InChI is InChI=1S/C15H18O2/c1-10-4-5-11-12(14(16)17)9-15(13(11)8-10)6-2-3-7-15/h4-5,8,12H,2-3,6-7,9H2,1H3,(H,16,17). The Morgan fingerprint density at radius 3 is 2.71 bits per heavy atom. The van der Waals surface area contributed by atoms with Gasteiger partial charge in [0.2, 0.25) is 0 Å². The molecule has 0 saturated heterocycles. The van der Waals surface area contributed by atoms with Crippen molar-refractivity contribution in [1.82, 2.24) is 0 Å². The minimum Gasteiger partial charge on any atom is -0.481 e. The third-order valence-electron chi connectivity index (χ3n) is 4.61. The zero-order chi connectivity index (χ0) is 12.0. The normalized spacial score (nSPS) is 25.1. The minimum absolute atomic E-state index is 0.185. The molecule has 0 heterocycles. The van der Waals surface area contributed by atoms with Crippen LogP contribution in [0.5, 0.6) is 0 Å². The van der Waals surface area contributed by atoms with E-state index in [0.29, 0.717) is 0 Å². The smallest absolute Gasteiger partial charge is 0.311 e. The van der Waals surface area contributed by atoms with Gasteiger partial charge >= 0.3 is 5.97 Å². The fourth-order valence-corrected chi connectivity index (χ4v) is 3.79. The van der Waals surface area contributed by atoms with Crippen LogP contribution in [0, 0.1) is 6.92 Å². The van der Waals surface area contributed by atoms with Crippen LogP contribution in [0.1, 0.15) is 54.7 Å². The minimum atomic E-state index is -0.654. The molecule has 1 unspecified atom stereocenters. The van der Waals surface area contributed by atoms with Gasteiger partial charge in [0.1, 0.15) is 0 Å². The van der Waals surface area contributed by atoms with Crippen molar-refractivity contribution in [3.63, 3.8) is 0 Å². The number of carbonyl (C=O) groups is 1. The van der Waals surface area contributed by atoms with Crippen LogP contribution in [0.4, 0.5) is 0 Å². The lowest BCUT2D eigenvalue weighted by Gasteiger charge is -2.24. The molecule has 0 bridgehead atoms. The Bertz CT molecular complexity index is 470. The average molecular weight is 230 g/mol. The van der Waals surface area contributed by atoms with E-state index in [1.165, 1.54) is 36.8 Å². The van der Waals surface area contributed by atoms with E-state index in [-0.39, 0.29) is 11.3 Å². The first-order chi connectivity index (χ1) is 8.12. The summed E-state index contributed by atoms with van der Waals surface area (Å²) < 4.78 is 0. The summed E-state index contributed by atoms with van der Waals surface area (Å²) in [5.41, 5.74) is 3.85. The van der Waals surface area contributed by atoms with Gasteiger partial charge in [-0.2, -0.15) is 0 Å². The van der Waals surface area contributed by atoms with Gasteiger partial charge in [0.05, 0.1) is 5.92 Å². The first-order valence-electron chi connectivity index (χ1n) is 6.46. The molecule has 90 valence electrons. The molecule has 0 radical (unpaired) electrons. The summed E-state index contributed by atoms with van der Waals surface area (Å²) in [6, 6.07) is 6.31. The van der Waals surface area contributed by atoms with Crippen molar-refractivity contribution in [1.29, 1.82) is 0 Å². The number of aliphatic carboxylic acids is 1. The van der Waals surface area contributed by atoms with Gasteiger partial charge in [-0.05, 0) is 42.7 Å². The van der Waals surface area contributed by atoms with Gasteiger partial charge in [0.15, 0.2) is 0 Å². The number of aryl methyl sites for hydroxylation is 1. The number of carboxylic acid groups (broad SMARTS) is 1. The summed E-state index contributed by atoms with van der Waals surface area (Å²) in [6.07, 6.45) is 5.67. The topological polar surface area (TPSA) is 37.3 Å². The summed E-state index contributed by atoms with van der Waals surface area (Å²) >= 11 is 0. The molecule has 2 aliphatic rings. The molecule has 1 fully saturated rings. The zero-order valence-corrected chi connectivity index (χ0v) is 10.2. The molecule has 17 heavy (non-hydrogen) atoms. The second-order valence-corrected chi connectivity index (χ2v) is 5.67. The number of carboxylic acids is 1. The maximum absolute atomic E-state index is 11.4. The second-order valence-electron chi connectivity index (χ2n) is 5.67. The van der Waals surface area contributed by atoms with Gasteiger partial charge in [-0.25, -0.2) is 0 Å². The average Bonchev–Trinajstić information content (AvgIpc) is 2.87. The Hall–Kier alpha value is -1.31. The largest absolute Gasteiger partial charge is 0.481 e. The van der Waals surface area contributed by atoms with E-state index < -0.39 is 5.97 Å². The number of hydrogen-bond acceptors (Lipinski definition) is 1. The Balaban J connectivity index is 2.14. The Morgan fingerprint density at radius 2 is 2.06 bits per heavy atom. The molecular formula is C15H18O2. The second kappa shape index (κ2) is 3.59. The fraction of sp³-hybridized carbons (Fsp3) is 0.533. The van der Waals surface area contributed by atoms with Crippen LogP contribution in [0.15, 0.2) is 18.2 Å². The lowest BCUT2D eigenvalue weighted by atomic mass is 9.79. The monoisotopic (exact) mass is 230 g/mol. The van der Waals surface area contributed by atoms with E-state index in [0.717, 1.165) is 12.0 Å². The number of benzene rings is 1. The van der Waals surface area contributed by atoms with Gasteiger partial charge in [-0.15, -0.1) is 0 Å². The number of fused-ring (bicyclic) bond motifs is 2. The first kappa shape index (κ1) is 10.8. The molecule has 0 amide bonds. The molecule has 1 N–H and O–H groups in total. The highest BCUT2D eigenvalue weighted by molar-refractivity contribution is 5.79. The van der Waals surface area contributed by atoms with E-state index in [1.54, 1.807) is 0 Å². The molecule has 3 rings (SSSR count). The molecule has 2 heteroatoms. The summed E-state index contributed by atoms with van der Waals surface area (Å²) in [5.74, 6) is -0.928. The van der Waals surface area contributed by atoms with Crippen molar-refractivity contribution in [2.45, 2.75) is 50.4 Å². The molecule has 1 spiro atoms. The first-order valence-corrected chi connectivity index (χ1v) is 6.46.